The molecular formula is C29H38N4O7. The molecule has 4 unspecified atom stereocenters. The Balaban J connectivity index is 1.53. The van der Waals surface area contributed by atoms with Crippen molar-refractivity contribution in [3.63, 3.8) is 0 Å². The number of carbonyl (C=O) groups is 3. The van der Waals surface area contributed by atoms with Crippen LogP contribution in [0.5, 0.6) is 5.75 Å². The highest BCUT2D eigenvalue weighted by Crippen LogP contribution is 2.53. The van der Waals surface area contributed by atoms with Crippen molar-refractivity contribution in [3.8, 4) is 5.75 Å². The van der Waals surface area contributed by atoms with Crippen molar-refractivity contribution >= 4 is 28.9 Å². The van der Waals surface area contributed by atoms with Crippen LogP contribution in [0.25, 0.3) is 5.76 Å². The number of nitrogens with one attached hydrogen (secondary N) is 1. The fraction of sp³-hybridized carbons (Fsp3) is 0.552. The molecule has 1 saturated heterocycles. The van der Waals surface area contributed by atoms with Crippen molar-refractivity contribution in [1.29, 1.82) is 0 Å². The van der Waals surface area contributed by atoms with E-state index in [1.165, 1.54) is 4.90 Å². The molecule has 11 heteroatoms. The van der Waals surface area contributed by atoms with Gasteiger partial charge in [-0.3, -0.25) is 19.3 Å². The lowest BCUT2D eigenvalue weighted by Gasteiger charge is -2.50. The number of likely N-dealkylation sites (tertiary alicyclic amines) is 1. The second kappa shape index (κ2) is 10.2. The zero-order valence-corrected chi connectivity index (χ0v) is 23.1. The molecule has 0 aromatic heterocycles. The van der Waals surface area contributed by atoms with Crippen LogP contribution in [0.4, 0.5) is 5.69 Å². The number of piperidine rings is 1. The second-order valence-corrected chi connectivity index (χ2v) is 11.7. The summed E-state index contributed by atoms with van der Waals surface area (Å²) < 4.78 is 0. The fourth-order valence-corrected chi connectivity index (χ4v) is 7.17. The first-order valence-electron chi connectivity index (χ1n) is 13.9. The molecule has 1 saturated carbocycles. The lowest BCUT2D eigenvalue weighted by atomic mass is 9.57. The lowest BCUT2D eigenvalue weighted by molar-refractivity contribution is -0.153. The van der Waals surface area contributed by atoms with Gasteiger partial charge in [0, 0.05) is 30.6 Å². The molecule has 4 aliphatic rings. The quantitative estimate of drug-likeness (QED) is 0.222. The van der Waals surface area contributed by atoms with Crippen LogP contribution < -0.4 is 11.1 Å². The zero-order valence-electron chi connectivity index (χ0n) is 23.1. The Hall–Kier alpha value is -3.41. The molecule has 3 aliphatic carbocycles. The van der Waals surface area contributed by atoms with Crippen molar-refractivity contribution < 1.29 is 34.8 Å². The van der Waals surface area contributed by atoms with E-state index >= 15 is 0 Å². The molecule has 7 N–H and O–H groups in total. The monoisotopic (exact) mass is 554 g/mol. The zero-order chi connectivity index (χ0) is 29.1. The van der Waals surface area contributed by atoms with E-state index in [0.717, 1.165) is 38.9 Å². The number of likely N-dealkylation sites (N-methyl/N-ethyl adjacent to an activating group) is 1. The van der Waals surface area contributed by atoms with Gasteiger partial charge in [0.15, 0.2) is 11.4 Å². The maximum absolute atomic E-state index is 13.9. The number of primary amides is 1. The van der Waals surface area contributed by atoms with Crippen molar-refractivity contribution in [3.05, 3.63) is 40.2 Å². The maximum Gasteiger partial charge on any atom is 0.255 e. The third-order valence-electron chi connectivity index (χ3n) is 9.08. The number of ketones is 2. The number of aromatic hydroxyl groups is 1. The number of Topliss-reactive ketones (excluding diaryl/α,β-unsaturated/α-hetero) is 2. The van der Waals surface area contributed by atoms with Gasteiger partial charge < -0.3 is 36.4 Å². The number of aliphatic hydroxyl groups excluding tert-OH is 2. The van der Waals surface area contributed by atoms with Crippen LogP contribution in [0.3, 0.4) is 0 Å². The molecule has 11 nitrogen and oxygen atoms in total. The molecule has 1 aliphatic heterocycles. The number of rotatable bonds is 6. The van der Waals surface area contributed by atoms with Gasteiger partial charge in [-0.2, -0.15) is 0 Å². The molecule has 1 amide bonds. The molecule has 5 rings (SSSR count). The number of nitrogens with zero attached hydrogens (tertiary/aromatic N) is 2. The smallest absolute Gasteiger partial charge is 0.255 e. The summed E-state index contributed by atoms with van der Waals surface area (Å²) in [4.78, 5) is 43.1. The van der Waals surface area contributed by atoms with Crippen molar-refractivity contribution in [2.45, 2.75) is 56.7 Å². The fourth-order valence-electron chi connectivity index (χ4n) is 7.17. The number of fused-ring (bicyclic) bond motifs is 3. The van der Waals surface area contributed by atoms with Crippen LogP contribution in [0.1, 0.15) is 43.7 Å². The summed E-state index contributed by atoms with van der Waals surface area (Å²) in [6, 6.07) is 2.62. The van der Waals surface area contributed by atoms with Gasteiger partial charge in [-0.05, 0) is 70.3 Å². The van der Waals surface area contributed by atoms with Crippen molar-refractivity contribution in [2.24, 2.45) is 17.6 Å². The highest BCUT2D eigenvalue weighted by atomic mass is 16.3. The Kier molecular flexibility index (Phi) is 7.18. The number of nitrogens with two attached hydrogens (primary N) is 1. The van der Waals surface area contributed by atoms with Gasteiger partial charge in [-0.25, -0.2) is 0 Å². The average molecular weight is 555 g/mol. The Morgan fingerprint density at radius 2 is 1.85 bits per heavy atom. The first-order chi connectivity index (χ1) is 18.9. The van der Waals surface area contributed by atoms with E-state index in [-0.39, 0.29) is 35.8 Å². The number of phenolic OH excluding ortho intramolecular Hbond substituents is 1. The SMILES string of the molecule is CCCN1CCC(Nc2ccc3c(c2O)C(O)=C2C(=O)C4(O)C(O)=C(C(N)=O)C(=O)C(N(C)C)C4CC2C3)CC1. The van der Waals surface area contributed by atoms with Gasteiger partial charge in [0.2, 0.25) is 5.78 Å². The van der Waals surface area contributed by atoms with Crippen molar-refractivity contribution in [2.75, 3.05) is 39.0 Å². The summed E-state index contributed by atoms with van der Waals surface area (Å²) in [6.45, 7) is 5.10. The Bertz CT molecular complexity index is 1330. The minimum Gasteiger partial charge on any atom is -0.508 e. The molecule has 2 fully saturated rings. The van der Waals surface area contributed by atoms with Crippen molar-refractivity contribution in [1.82, 2.24) is 9.80 Å². The predicted molar refractivity (Wildman–Crippen MR) is 148 cm³/mol. The third-order valence-corrected chi connectivity index (χ3v) is 9.08. The van der Waals surface area contributed by atoms with Crippen LogP contribution in [0.15, 0.2) is 29.0 Å². The summed E-state index contributed by atoms with van der Waals surface area (Å²) in [5, 5.41) is 48.7. The molecule has 216 valence electrons. The van der Waals surface area contributed by atoms with E-state index in [1.807, 2.05) is 0 Å². The third kappa shape index (κ3) is 4.18. The Labute approximate surface area is 232 Å². The Morgan fingerprint density at radius 1 is 1.18 bits per heavy atom. The first kappa shape index (κ1) is 28.1. The molecule has 40 heavy (non-hydrogen) atoms. The van der Waals surface area contributed by atoms with E-state index < -0.39 is 58.0 Å². The Morgan fingerprint density at radius 3 is 2.45 bits per heavy atom. The number of hydrogen-bond acceptors (Lipinski definition) is 10. The van der Waals surface area contributed by atoms with E-state index in [2.05, 4.69) is 17.1 Å². The lowest BCUT2D eigenvalue weighted by Crippen LogP contribution is -2.65. The number of hydrogen-bond donors (Lipinski definition) is 6. The van der Waals surface area contributed by atoms with Gasteiger partial charge in [0.1, 0.15) is 22.8 Å². The summed E-state index contributed by atoms with van der Waals surface area (Å²) in [6.07, 6.45) is 3.24. The van der Waals surface area contributed by atoms with E-state index in [4.69, 9.17) is 5.73 Å². The van der Waals surface area contributed by atoms with E-state index in [9.17, 15) is 34.8 Å². The normalized spacial score (nSPS) is 29.4. The van der Waals surface area contributed by atoms with Crippen LogP contribution in [0, 0.1) is 11.8 Å². The molecule has 1 aromatic rings. The van der Waals surface area contributed by atoms with Gasteiger partial charge >= 0.3 is 0 Å². The van der Waals surface area contributed by atoms with Crippen LogP contribution >= 0.6 is 0 Å². The second-order valence-electron chi connectivity index (χ2n) is 11.7. The number of aliphatic hydroxyl groups is 3. The summed E-state index contributed by atoms with van der Waals surface area (Å²) >= 11 is 0. The first-order valence-corrected chi connectivity index (χ1v) is 13.9. The molecular weight excluding hydrogens is 516 g/mol. The number of phenols is 1. The van der Waals surface area contributed by atoms with E-state index in [0.29, 0.717) is 11.3 Å². The van der Waals surface area contributed by atoms with E-state index in [1.54, 1.807) is 26.2 Å². The summed E-state index contributed by atoms with van der Waals surface area (Å²) in [5.74, 6) is -6.44. The minimum absolute atomic E-state index is 0.0723. The number of carbonyl (C=O) groups excluding carboxylic acids is 3. The highest BCUT2D eigenvalue weighted by molar-refractivity contribution is 6.24. The number of amides is 1. The van der Waals surface area contributed by atoms with Crippen LogP contribution in [-0.4, -0.2) is 99.1 Å². The molecule has 0 bridgehead atoms. The molecule has 1 heterocycles. The highest BCUT2D eigenvalue weighted by Gasteiger charge is 2.64. The minimum atomic E-state index is -2.64. The van der Waals surface area contributed by atoms with Crippen LogP contribution in [0.2, 0.25) is 0 Å². The largest absolute Gasteiger partial charge is 0.508 e. The van der Waals surface area contributed by atoms with Gasteiger partial charge in [0.05, 0.1) is 17.3 Å². The molecule has 0 radical (unpaired) electrons. The summed E-state index contributed by atoms with van der Waals surface area (Å²) in [7, 11) is 3.15. The molecule has 1 aromatic carbocycles. The standard InChI is InChI=1S/C29H38N4O7/c1-4-9-33-10-7-16(8-11-33)31-18-6-5-14-12-15-13-17-22(32(2)3)25(36)21(28(30)39)27(38)29(17,40)26(37)20(15)24(35)19(14)23(18)34/h5-6,15-17,22,31,34-35,38,40H,4,7-13H2,1-3H3,(H2,30,39). The summed E-state index contributed by atoms with van der Waals surface area (Å²) in [5.41, 5.74) is 2.94. The molecule has 0 spiro atoms. The van der Waals surface area contributed by atoms with Gasteiger partial charge in [-0.1, -0.05) is 13.0 Å². The number of anilines is 1. The average Bonchev–Trinajstić information content (AvgIpc) is 2.88. The predicted octanol–water partition coefficient (Wildman–Crippen LogP) is 1.25. The van der Waals surface area contributed by atoms with Crippen LogP contribution in [-0.2, 0) is 20.8 Å². The van der Waals surface area contributed by atoms with Gasteiger partial charge in [-0.15, -0.1) is 0 Å². The number of benzene rings is 1. The molecule has 4 atom stereocenters. The van der Waals surface area contributed by atoms with Gasteiger partial charge in [0.25, 0.3) is 5.91 Å². The topological polar surface area (TPSA) is 177 Å². The maximum atomic E-state index is 13.9.